The molecule has 1 saturated heterocycles. The number of halogens is 2. The van der Waals surface area contributed by atoms with Crippen molar-refractivity contribution < 1.29 is 18.3 Å². The molecule has 0 spiro atoms. The molecule has 0 radical (unpaired) electrons. The van der Waals surface area contributed by atoms with Crippen LogP contribution in [0.3, 0.4) is 0 Å². The van der Waals surface area contributed by atoms with E-state index in [1.165, 1.54) is 4.90 Å². The molecule has 17 heavy (non-hydrogen) atoms. The minimum absolute atomic E-state index is 0.0689. The van der Waals surface area contributed by atoms with E-state index in [0.29, 0.717) is 25.6 Å². The summed E-state index contributed by atoms with van der Waals surface area (Å²) < 4.78 is 30.7. The van der Waals surface area contributed by atoms with E-state index in [-0.39, 0.29) is 11.8 Å². The molecule has 6 heteroatoms. The summed E-state index contributed by atoms with van der Waals surface area (Å²) in [6.07, 6.45) is 0.0320. The van der Waals surface area contributed by atoms with Gasteiger partial charge in [-0.1, -0.05) is 0 Å². The molecule has 4 nitrogen and oxygen atoms in total. The average molecular weight is 242 g/mol. The number of hydrogen-bond donors (Lipinski definition) is 1. The second kappa shape index (κ2) is 4.67. The Morgan fingerprint density at radius 1 is 1.47 bits per heavy atom. The van der Waals surface area contributed by atoms with Crippen molar-refractivity contribution in [3.8, 4) is 5.75 Å². The minimum Gasteiger partial charge on any atom is -0.407 e. The molecular weight excluding hydrogens is 230 g/mol. The van der Waals surface area contributed by atoms with Gasteiger partial charge >= 0.3 is 6.09 Å². The Labute approximate surface area is 97.0 Å². The first-order valence-electron chi connectivity index (χ1n) is 5.23. The molecule has 0 bridgehead atoms. The fourth-order valence-corrected chi connectivity index (χ4v) is 1.67. The number of ether oxygens (including phenoxy) is 1. The number of nitrogens with two attached hydrogens (primary N) is 1. The monoisotopic (exact) mass is 242 g/mol. The van der Waals surface area contributed by atoms with E-state index < -0.39 is 17.7 Å². The Bertz CT molecular complexity index is 439. The Morgan fingerprint density at radius 2 is 2.24 bits per heavy atom. The maximum absolute atomic E-state index is 13.2. The van der Waals surface area contributed by atoms with E-state index in [9.17, 15) is 13.6 Å². The Balaban J connectivity index is 2.03. The number of likely N-dealkylation sites (tertiary alicyclic amines) is 1. The molecule has 1 aliphatic rings. The number of nitrogens with zero attached hydrogens (tertiary/aromatic N) is 1. The highest BCUT2D eigenvalue weighted by atomic mass is 19.1. The average Bonchev–Trinajstić information content (AvgIpc) is 2.69. The van der Waals surface area contributed by atoms with E-state index in [1.807, 2.05) is 0 Å². The van der Waals surface area contributed by atoms with E-state index in [0.717, 1.165) is 12.1 Å². The van der Waals surface area contributed by atoms with Gasteiger partial charge in [0.2, 0.25) is 0 Å². The first kappa shape index (κ1) is 11.8. The molecule has 1 aromatic rings. The van der Waals surface area contributed by atoms with Crippen molar-refractivity contribution in [1.82, 2.24) is 4.90 Å². The van der Waals surface area contributed by atoms with E-state index >= 15 is 0 Å². The zero-order valence-electron chi connectivity index (χ0n) is 9.03. The van der Waals surface area contributed by atoms with Gasteiger partial charge in [0.25, 0.3) is 0 Å². The first-order chi connectivity index (χ1) is 8.06. The van der Waals surface area contributed by atoms with E-state index in [1.54, 1.807) is 0 Å². The Morgan fingerprint density at radius 3 is 2.82 bits per heavy atom. The summed E-state index contributed by atoms with van der Waals surface area (Å²) >= 11 is 0. The molecular formula is C11H12F2N2O2. The zero-order chi connectivity index (χ0) is 12.4. The molecule has 0 aromatic heterocycles. The fourth-order valence-electron chi connectivity index (χ4n) is 1.67. The van der Waals surface area contributed by atoms with Crippen LogP contribution in [0.25, 0.3) is 0 Å². The van der Waals surface area contributed by atoms with Gasteiger partial charge in [-0.05, 0) is 18.6 Å². The molecule has 2 rings (SSSR count). The molecule has 1 heterocycles. The van der Waals surface area contributed by atoms with Gasteiger partial charge in [0.05, 0.1) is 0 Å². The maximum Gasteiger partial charge on any atom is 0.415 e. The van der Waals surface area contributed by atoms with Crippen LogP contribution in [0.15, 0.2) is 18.2 Å². The highest BCUT2D eigenvalue weighted by Gasteiger charge is 2.25. The van der Waals surface area contributed by atoms with Crippen molar-refractivity contribution in [3.63, 3.8) is 0 Å². The van der Waals surface area contributed by atoms with Crippen LogP contribution in [0.4, 0.5) is 13.6 Å². The van der Waals surface area contributed by atoms with Crippen LogP contribution in [0.2, 0.25) is 0 Å². The van der Waals surface area contributed by atoms with Crippen LogP contribution in [0.1, 0.15) is 6.42 Å². The predicted molar refractivity (Wildman–Crippen MR) is 56.5 cm³/mol. The van der Waals surface area contributed by atoms with Gasteiger partial charge in [-0.2, -0.15) is 0 Å². The maximum atomic E-state index is 13.2. The van der Waals surface area contributed by atoms with Crippen molar-refractivity contribution in [2.45, 2.75) is 12.5 Å². The summed E-state index contributed by atoms with van der Waals surface area (Å²) in [5, 5.41) is 0. The van der Waals surface area contributed by atoms with Crippen LogP contribution in [0, 0.1) is 11.6 Å². The topological polar surface area (TPSA) is 55.6 Å². The number of rotatable bonds is 1. The molecule has 1 fully saturated rings. The lowest BCUT2D eigenvalue weighted by Crippen LogP contribution is -2.34. The third kappa shape index (κ3) is 2.71. The normalized spacial score (nSPS) is 19.5. The predicted octanol–water partition coefficient (Wildman–Crippen LogP) is 1.50. The van der Waals surface area contributed by atoms with E-state index in [2.05, 4.69) is 0 Å². The van der Waals surface area contributed by atoms with Crippen LogP contribution < -0.4 is 10.5 Å². The van der Waals surface area contributed by atoms with Gasteiger partial charge in [-0.25, -0.2) is 13.6 Å². The summed E-state index contributed by atoms with van der Waals surface area (Å²) in [4.78, 5) is 13.0. The second-order valence-electron chi connectivity index (χ2n) is 3.94. The summed E-state index contributed by atoms with van der Waals surface area (Å²) in [7, 11) is 0. The molecule has 1 atom stereocenters. The largest absolute Gasteiger partial charge is 0.415 e. The highest BCUT2D eigenvalue weighted by Crippen LogP contribution is 2.19. The minimum atomic E-state index is -0.901. The molecule has 1 aliphatic heterocycles. The van der Waals surface area contributed by atoms with Crippen molar-refractivity contribution in [3.05, 3.63) is 29.8 Å². The number of benzene rings is 1. The summed E-state index contributed by atoms with van der Waals surface area (Å²) in [6.45, 7) is 0.879. The summed E-state index contributed by atoms with van der Waals surface area (Å²) in [5.41, 5.74) is 5.63. The molecule has 0 aliphatic carbocycles. The highest BCUT2D eigenvalue weighted by molar-refractivity contribution is 5.71. The lowest BCUT2D eigenvalue weighted by atomic mass is 10.3. The lowest BCUT2D eigenvalue weighted by Gasteiger charge is -2.15. The van der Waals surface area contributed by atoms with Gasteiger partial charge < -0.3 is 15.4 Å². The molecule has 92 valence electrons. The van der Waals surface area contributed by atoms with Crippen molar-refractivity contribution in [2.75, 3.05) is 13.1 Å². The SMILES string of the molecule is NC1CCN(C(=O)Oc2ccc(F)cc2F)C1. The van der Waals surface area contributed by atoms with Gasteiger partial charge in [0.15, 0.2) is 11.6 Å². The van der Waals surface area contributed by atoms with Crippen LogP contribution in [-0.4, -0.2) is 30.1 Å². The van der Waals surface area contributed by atoms with E-state index in [4.69, 9.17) is 10.5 Å². The Kier molecular flexibility index (Phi) is 3.23. The summed E-state index contributed by atoms with van der Waals surface area (Å²) in [6, 6.07) is 2.71. The molecule has 0 saturated carbocycles. The van der Waals surface area contributed by atoms with Crippen molar-refractivity contribution >= 4 is 6.09 Å². The fraction of sp³-hybridized carbons (Fsp3) is 0.364. The van der Waals surface area contributed by atoms with Gasteiger partial charge in [0, 0.05) is 25.2 Å². The molecule has 1 aromatic carbocycles. The third-order valence-electron chi connectivity index (χ3n) is 2.57. The standard InChI is InChI=1S/C11H12F2N2O2/c12-7-1-2-10(9(13)5-7)17-11(16)15-4-3-8(14)6-15/h1-2,5,8H,3-4,6,14H2. The molecule has 1 unspecified atom stereocenters. The third-order valence-corrected chi connectivity index (χ3v) is 2.57. The zero-order valence-corrected chi connectivity index (χ0v) is 9.03. The van der Waals surface area contributed by atoms with Crippen LogP contribution in [-0.2, 0) is 0 Å². The van der Waals surface area contributed by atoms with Crippen LogP contribution >= 0.6 is 0 Å². The second-order valence-corrected chi connectivity index (χ2v) is 3.94. The molecule has 2 N–H and O–H groups in total. The first-order valence-corrected chi connectivity index (χ1v) is 5.23. The molecule has 1 amide bonds. The number of amides is 1. The van der Waals surface area contributed by atoms with Crippen LogP contribution in [0.5, 0.6) is 5.75 Å². The number of carbonyl (C=O) groups excluding carboxylic acids is 1. The van der Waals surface area contributed by atoms with Gasteiger partial charge in [0.1, 0.15) is 5.82 Å². The quantitative estimate of drug-likeness (QED) is 0.811. The smallest absolute Gasteiger partial charge is 0.407 e. The lowest BCUT2D eigenvalue weighted by molar-refractivity contribution is 0.160. The Hall–Kier alpha value is -1.69. The number of hydrogen-bond acceptors (Lipinski definition) is 3. The summed E-state index contributed by atoms with van der Waals surface area (Å²) in [5.74, 6) is -1.90. The van der Waals surface area contributed by atoms with Crippen molar-refractivity contribution in [2.24, 2.45) is 5.73 Å². The number of carbonyl (C=O) groups is 1. The van der Waals surface area contributed by atoms with Gasteiger partial charge in [-0.3, -0.25) is 0 Å². The van der Waals surface area contributed by atoms with Crippen molar-refractivity contribution in [1.29, 1.82) is 0 Å². The van der Waals surface area contributed by atoms with Gasteiger partial charge in [-0.15, -0.1) is 0 Å².